The maximum atomic E-state index is 12.8. The van der Waals surface area contributed by atoms with Crippen molar-refractivity contribution in [3.63, 3.8) is 0 Å². The number of aryl methyl sites for hydroxylation is 1. The first-order valence-corrected chi connectivity index (χ1v) is 7.51. The van der Waals surface area contributed by atoms with Crippen molar-refractivity contribution in [3.8, 4) is 11.8 Å². The number of fused-ring (bicyclic) bond motifs is 1. The van der Waals surface area contributed by atoms with Gasteiger partial charge >= 0.3 is 0 Å². The zero-order valence-corrected chi connectivity index (χ0v) is 13.5. The predicted molar refractivity (Wildman–Crippen MR) is 94.0 cm³/mol. The van der Waals surface area contributed by atoms with Crippen LogP contribution in [0.1, 0.15) is 21.5 Å². The number of carbonyl (C=O) groups excluding carboxylic acids is 1. The van der Waals surface area contributed by atoms with Crippen molar-refractivity contribution >= 4 is 22.8 Å². The van der Waals surface area contributed by atoms with E-state index >= 15 is 0 Å². The first kappa shape index (κ1) is 15.6. The van der Waals surface area contributed by atoms with E-state index in [2.05, 4.69) is 4.98 Å². The average Bonchev–Trinajstić information content (AvgIpc) is 3.03. The highest BCUT2D eigenvalue weighted by atomic mass is 16.5. The Hall–Kier alpha value is -3.32. The number of methoxy groups -OCH3 is 1. The van der Waals surface area contributed by atoms with Crippen molar-refractivity contribution in [2.45, 2.75) is 6.92 Å². The summed E-state index contributed by atoms with van der Waals surface area (Å²) in [7, 11) is 1.58. The van der Waals surface area contributed by atoms with Crippen LogP contribution in [0.3, 0.4) is 0 Å². The van der Waals surface area contributed by atoms with Gasteiger partial charge in [0.05, 0.1) is 7.11 Å². The van der Waals surface area contributed by atoms with Crippen molar-refractivity contribution in [2.24, 2.45) is 0 Å². The molecule has 0 aliphatic rings. The summed E-state index contributed by atoms with van der Waals surface area (Å²) in [5.41, 5.74) is 3.27. The number of rotatable bonds is 4. The molecule has 0 aliphatic carbocycles. The van der Waals surface area contributed by atoms with Gasteiger partial charge in [-0.1, -0.05) is 24.3 Å². The Balaban J connectivity index is 2.07. The molecular formula is C20H16N2O2. The fraction of sp³-hybridized carbons (Fsp3) is 0.100. The Morgan fingerprint density at radius 3 is 2.75 bits per heavy atom. The zero-order chi connectivity index (χ0) is 17.1. The lowest BCUT2D eigenvalue weighted by Crippen LogP contribution is -2.01. The lowest BCUT2D eigenvalue weighted by Gasteiger charge is -2.03. The molecule has 2 aromatic carbocycles. The molecule has 0 unspecified atom stereocenters. The third-order valence-electron chi connectivity index (χ3n) is 3.99. The molecule has 0 aliphatic heterocycles. The van der Waals surface area contributed by atoms with Crippen LogP contribution >= 0.6 is 0 Å². The van der Waals surface area contributed by atoms with Crippen molar-refractivity contribution in [3.05, 3.63) is 70.9 Å². The van der Waals surface area contributed by atoms with Crippen LogP contribution < -0.4 is 4.74 Å². The monoisotopic (exact) mass is 316 g/mol. The number of aromatic nitrogens is 1. The molecule has 0 atom stereocenters. The van der Waals surface area contributed by atoms with Gasteiger partial charge in [-0.25, -0.2) is 0 Å². The van der Waals surface area contributed by atoms with Crippen molar-refractivity contribution in [1.29, 1.82) is 5.26 Å². The standard InChI is InChI=1S/C20H16N2O2/c1-13-5-3-4-6-14(13)9-15(11-21)20(23)18-12-22-19-8-7-16(24-2)10-17(18)19/h3-10,12,22H,1-2H3/b15-9-. The SMILES string of the molecule is COc1ccc2[nH]cc(C(=O)/C(C#N)=C\c3ccccc3C)c2c1. The largest absolute Gasteiger partial charge is 0.497 e. The summed E-state index contributed by atoms with van der Waals surface area (Å²) >= 11 is 0. The van der Waals surface area contributed by atoms with E-state index in [1.807, 2.05) is 49.4 Å². The van der Waals surface area contributed by atoms with Gasteiger partial charge in [0.25, 0.3) is 0 Å². The molecular weight excluding hydrogens is 300 g/mol. The van der Waals surface area contributed by atoms with Crippen LogP contribution in [-0.4, -0.2) is 17.9 Å². The molecule has 0 radical (unpaired) electrons. The highest BCUT2D eigenvalue weighted by molar-refractivity contribution is 6.20. The number of hydrogen-bond donors (Lipinski definition) is 1. The van der Waals surface area contributed by atoms with Crippen LogP contribution in [0.15, 0.2) is 54.2 Å². The van der Waals surface area contributed by atoms with Gasteiger partial charge in [-0.2, -0.15) is 5.26 Å². The molecule has 4 nitrogen and oxygen atoms in total. The molecule has 0 saturated heterocycles. The number of carbonyl (C=O) groups is 1. The van der Waals surface area contributed by atoms with Gasteiger partial charge in [0.15, 0.2) is 0 Å². The van der Waals surface area contributed by atoms with Crippen molar-refractivity contribution < 1.29 is 9.53 Å². The van der Waals surface area contributed by atoms with E-state index in [4.69, 9.17) is 4.74 Å². The smallest absolute Gasteiger partial charge is 0.205 e. The topological polar surface area (TPSA) is 65.9 Å². The minimum absolute atomic E-state index is 0.105. The third-order valence-corrected chi connectivity index (χ3v) is 3.99. The molecule has 1 heterocycles. The minimum Gasteiger partial charge on any atom is -0.497 e. The number of nitrogens with one attached hydrogen (secondary N) is 1. The summed E-state index contributed by atoms with van der Waals surface area (Å²) < 4.78 is 5.22. The Kier molecular flexibility index (Phi) is 4.17. The van der Waals surface area contributed by atoms with E-state index in [0.29, 0.717) is 11.3 Å². The number of aromatic amines is 1. The van der Waals surface area contributed by atoms with Crippen LogP contribution in [0.5, 0.6) is 5.75 Å². The van der Waals surface area contributed by atoms with Crippen LogP contribution in [0, 0.1) is 18.3 Å². The second-order valence-electron chi connectivity index (χ2n) is 5.47. The summed E-state index contributed by atoms with van der Waals surface area (Å²) in [5.74, 6) is 0.359. The van der Waals surface area contributed by atoms with Crippen LogP contribution in [0.25, 0.3) is 17.0 Å². The first-order chi connectivity index (χ1) is 11.6. The van der Waals surface area contributed by atoms with Gasteiger partial charge in [-0.15, -0.1) is 0 Å². The number of allylic oxidation sites excluding steroid dienone is 1. The molecule has 1 aromatic heterocycles. The van der Waals surface area contributed by atoms with Gasteiger partial charge in [0.1, 0.15) is 17.4 Å². The predicted octanol–water partition coefficient (Wildman–Crippen LogP) is 4.27. The van der Waals surface area contributed by atoms with Crippen molar-refractivity contribution in [1.82, 2.24) is 4.98 Å². The Bertz CT molecular complexity index is 990. The maximum absolute atomic E-state index is 12.8. The number of H-pyrrole nitrogens is 1. The third kappa shape index (κ3) is 2.80. The second-order valence-corrected chi connectivity index (χ2v) is 5.47. The summed E-state index contributed by atoms with van der Waals surface area (Å²) in [6.07, 6.45) is 3.27. The van der Waals surface area contributed by atoms with Gasteiger partial charge in [0, 0.05) is 22.7 Å². The molecule has 0 fully saturated rings. The van der Waals surface area contributed by atoms with Crippen molar-refractivity contribution in [2.75, 3.05) is 7.11 Å². The van der Waals surface area contributed by atoms with Crippen LogP contribution in [0.2, 0.25) is 0 Å². The molecule has 3 rings (SSSR count). The van der Waals surface area contributed by atoms with Gasteiger partial charge in [0.2, 0.25) is 5.78 Å². The molecule has 0 saturated carbocycles. The Labute approximate surface area is 140 Å². The van der Waals surface area contributed by atoms with E-state index < -0.39 is 0 Å². The summed E-state index contributed by atoms with van der Waals surface area (Å²) in [6.45, 7) is 1.95. The second kappa shape index (κ2) is 6.43. The highest BCUT2D eigenvalue weighted by Gasteiger charge is 2.17. The number of Topliss-reactive ketones (excluding diaryl/α,β-unsaturated/α-hetero) is 1. The Morgan fingerprint density at radius 2 is 2.04 bits per heavy atom. The lowest BCUT2D eigenvalue weighted by atomic mass is 9.99. The molecule has 0 spiro atoms. The maximum Gasteiger partial charge on any atom is 0.205 e. The van der Waals surface area contributed by atoms with E-state index in [-0.39, 0.29) is 11.4 Å². The Morgan fingerprint density at radius 1 is 1.25 bits per heavy atom. The first-order valence-electron chi connectivity index (χ1n) is 7.51. The highest BCUT2D eigenvalue weighted by Crippen LogP contribution is 2.26. The minimum atomic E-state index is -0.305. The summed E-state index contributed by atoms with van der Waals surface area (Å²) in [4.78, 5) is 15.9. The van der Waals surface area contributed by atoms with Gasteiger partial charge in [-0.05, 0) is 42.3 Å². The van der Waals surface area contributed by atoms with Crippen LogP contribution in [-0.2, 0) is 0 Å². The number of nitriles is 1. The number of hydrogen-bond acceptors (Lipinski definition) is 3. The summed E-state index contributed by atoms with van der Waals surface area (Å²) in [5, 5.41) is 10.2. The fourth-order valence-electron chi connectivity index (χ4n) is 2.61. The number of ether oxygens (including phenoxy) is 1. The van der Waals surface area contributed by atoms with E-state index in [0.717, 1.165) is 22.0 Å². The zero-order valence-electron chi connectivity index (χ0n) is 13.5. The lowest BCUT2D eigenvalue weighted by molar-refractivity contribution is 0.104. The molecule has 1 N–H and O–H groups in total. The molecule has 4 heteroatoms. The molecule has 0 amide bonds. The molecule has 0 bridgehead atoms. The average molecular weight is 316 g/mol. The number of ketones is 1. The van der Waals surface area contributed by atoms with E-state index in [1.54, 1.807) is 25.4 Å². The molecule has 3 aromatic rings. The fourth-order valence-corrected chi connectivity index (χ4v) is 2.61. The summed E-state index contributed by atoms with van der Waals surface area (Å²) in [6, 6.07) is 15.1. The van der Waals surface area contributed by atoms with Gasteiger partial charge in [-0.3, -0.25) is 4.79 Å². The van der Waals surface area contributed by atoms with E-state index in [1.165, 1.54) is 0 Å². The van der Waals surface area contributed by atoms with Crippen LogP contribution in [0.4, 0.5) is 0 Å². The van der Waals surface area contributed by atoms with E-state index in [9.17, 15) is 10.1 Å². The molecule has 24 heavy (non-hydrogen) atoms. The van der Waals surface area contributed by atoms with Gasteiger partial charge < -0.3 is 9.72 Å². The number of benzene rings is 2. The molecule has 118 valence electrons. The number of nitrogens with zero attached hydrogens (tertiary/aromatic N) is 1. The quantitative estimate of drug-likeness (QED) is 0.444. The normalized spacial score (nSPS) is 11.3.